The molecule has 0 spiro atoms. The van der Waals surface area contributed by atoms with Crippen molar-refractivity contribution in [2.24, 2.45) is 11.7 Å². The number of rotatable bonds is 7. The maximum atomic E-state index is 6.27. The van der Waals surface area contributed by atoms with Gasteiger partial charge in [0.2, 0.25) is 0 Å². The van der Waals surface area contributed by atoms with Crippen LogP contribution in [-0.2, 0) is 4.74 Å². The lowest BCUT2D eigenvalue weighted by Crippen LogP contribution is -2.21. The van der Waals surface area contributed by atoms with E-state index >= 15 is 0 Å². The molecule has 102 valence electrons. The molecule has 18 heavy (non-hydrogen) atoms. The van der Waals surface area contributed by atoms with Crippen molar-refractivity contribution in [3.8, 4) is 11.5 Å². The fraction of sp³-hybridized carbons (Fsp3) is 0.571. The van der Waals surface area contributed by atoms with Gasteiger partial charge in [-0.05, 0) is 18.4 Å². The fourth-order valence-corrected chi connectivity index (χ4v) is 1.88. The summed E-state index contributed by atoms with van der Waals surface area (Å²) in [5.74, 6) is 1.87. The molecular formula is C14H23NO3. The molecule has 0 aromatic heterocycles. The van der Waals surface area contributed by atoms with Crippen LogP contribution in [0, 0.1) is 5.92 Å². The van der Waals surface area contributed by atoms with E-state index in [9.17, 15) is 0 Å². The largest absolute Gasteiger partial charge is 0.497 e. The quantitative estimate of drug-likeness (QED) is 0.810. The van der Waals surface area contributed by atoms with E-state index in [4.69, 9.17) is 19.9 Å². The molecular weight excluding hydrogens is 230 g/mol. The molecule has 0 aliphatic carbocycles. The Balaban J connectivity index is 2.86. The zero-order valence-electron chi connectivity index (χ0n) is 11.6. The van der Waals surface area contributed by atoms with E-state index in [0.29, 0.717) is 12.5 Å². The molecule has 0 heterocycles. The number of methoxy groups -OCH3 is 3. The summed E-state index contributed by atoms with van der Waals surface area (Å²) in [5, 5.41) is 0. The van der Waals surface area contributed by atoms with Crippen molar-refractivity contribution in [2.45, 2.75) is 19.4 Å². The second-order valence-corrected chi connectivity index (χ2v) is 4.39. The highest BCUT2D eigenvalue weighted by atomic mass is 16.5. The molecule has 0 amide bonds. The summed E-state index contributed by atoms with van der Waals surface area (Å²) in [6.45, 7) is 2.83. The lowest BCUT2D eigenvalue weighted by Gasteiger charge is -2.22. The van der Waals surface area contributed by atoms with E-state index in [1.807, 2.05) is 18.2 Å². The van der Waals surface area contributed by atoms with Crippen LogP contribution in [0.2, 0.25) is 0 Å². The van der Waals surface area contributed by atoms with Gasteiger partial charge in [-0.2, -0.15) is 0 Å². The summed E-state index contributed by atoms with van der Waals surface area (Å²) < 4.78 is 15.6. The maximum absolute atomic E-state index is 6.27. The van der Waals surface area contributed by atoms with Crippen molar-refractivity contribution in [1.82, 2.24) is 0 Å². The van der Waals surface area contributed by atoms with Crippen LogP contribution in [0.3, 0.4) is 0 Å². The smallest absolute Gasteiger partial charge is 0.127 e. The third kappa shape index (κ3) is 3.62. The van der Waals surface area contributed by atoms with Gasteiger partial charge in [0.25, 0.3) is 0 Å². The predicted molar refractivity (Wildman–Crippen MR) is 72.1 cm³/mol. The van der Waals surface area contributed by atoms with Crippen molar-refractivity contribution < 1.29 is 14.2 Å². The first-order valence-corrected chi connectivity index (χ1v) is 6.10. The minimum atomic E-state index is -0.0685. The number of hydrogen-bond acceptors (Lipinski definition) is 4. The maximum Gasteiger partial charge on any atom is 0.127 e. The molecule has 0 saturated heterocycles. The zero-order valence-corrected chi connectivity index (χ0v) is 11.6. The highest BCUT2D eigenvalue weighted by molar-refractivity contribution is 5.42. The minimum Gasteiger partial charge on any atom is -0.497 e. The number of benzene rings is 1. The first-order valence-electron chi connectivity index (χ1n) is 6.10. The van der Waals surface area contributed by atoms with Gasteiger partial charge >= 0.3 is 0 Å². The van der Waals surface area contributed by atoms with Crippen LogP contribution in [0.15, 0.2) is 18.2 Å². The lowest BCUT2D eigenvalue weighted by atomic mass is 9.92. The van der Waals surface area contributed by atoms with Gasteiger partial charge in [-0.25, -0.2) is 0 Å². The van der Waals surface area contributed by atoms with Gasteiger partial charge in [-0.3, -0.25) is 0 Å². The molecule has 2 unspecified atom stereocenters. The van der Waals surface area contributed by atoms with Crippen molar-refractivity contribution >= 4 is 0 Å². The normalized spacial score (nSPS) is 14.1. The Hall–Kier alpha value is -1.26. The molecule has 1 aromatic carbocycles. The summed E-state index contributed by atoms with van der Waals surface area (Å²) >= 11 is 0. The van der Waals surface area contributed by atoms with Crippen LogP contribution in [0.25, 0.3) is 0 Å². The summed E-state index contributed by atoms with van der Waals surface area (Å²) in [7, 11) is 4.98. The van der Waals surface area contributed by atoms with Gasteiger partial charge in [0, 0.05) is 31.4 Å². The topological polar surface area (TPSA) is 53.7 Å². The van der Waals surface area contributed by atoms with E-state index in [1.165, 1.54) is 0 Å². The first-order chi connectivity index (χ1) is 8.63. The molecule has 1 rings (SSSR count). The molecule has 2 atom stereocenters. The summed E-state index contributed by atoms with van der Waals surface area (Å²) in [6.07, 6.45) is 0.923. The molecule has 0 radical (unpaired) electrons. The Kier molecular flexibility index (Phi) is 5.95. The van der Waals surface area contributed by atoms with E-state index < -0.39 is 0 Å². The van der Waals surface area contributed by atoms with E-state index in [-0.39, 0.29) is 6.04 Å². The summed E-state index contributed by atoms with van der Waals surface area (Å²) in [4.78, 5) is 0. The number of hydrogen-bond donors (Lipinski definition) is 1. The lowest BCUT2D eigenvalue weighted by molar-refractivity contribution is 0.174. The van der Waals surface area contributed by atoms with Gasteiger partial charge in [0.1, 0.15) is 11.5 Å². The fourth-order valence-electron chi connectivity index (χ4n) is 1.88. The Bertz CT molecular complexity index is 368. The molecule has 0 aliphatic rings. The van der Waals surface area contributed by atoms with Crippen LogP contribution in [0.1, 0.15) is 24.9 Å². The van der Waals surface area contributed by atoms with Crippen LogP contribution in [0.4, 0.5) is 0 Å². The Labute approximate surface area is 109 Å². The molecule has 4 nitrogen and oxygen atoms in total. The molecule has 0 bridgehead atoms. The average Bonchev–Trinajstić information content (AvgIpc) is 2.43. The molecule has 4 heteroatoms. The van der Waals surface area contributed by atoms with Gasteiger partial charge in [0.15, 0.2) is 0 Å². The molecule has 0 fully saturated rings. The minimum absolute atomic E-state index is 0.0685. The number of nitrogens with two attached hydrogens (primary N) is 1. The van der Waals surface area contributed by atoms with Gasteiger partial charge in [0.05, 0.1) is 14.2 Å². The van der Waals surface area contributed by atoms with Gasteiger partial charge < -0.3 is 19.9 Å². The Morgan fingerprint density at radius 3 is 2.44 bits per heavy atom. The third-order valence-corrected chi connectivity index (χ3v) is 3.19. The summed E-state index contributed by atoms with van der Waals surface area (Å²) in [6, 6.07) is 5.66. The second-order valence-electron chi connectivity index (χ2n) is 4.39. The number of ether oxygens (including phenoxy) is 3. The zero-order chi connectivity index (χ0) is 13.5. The van der Waals surface area contributed by atoms with Gasteiger partial charge in [-0.1, -0.05) is 13.0 Å². The van der Waals surface area contributed by atoms with E-state index in [1.54, 1.807) is 21.3 Å². The van der Waals surface area contributed by atoms with Crippen LogP contribution >= 0.6 is 0 Å². The highest BCUT2D eigenvalue weighted by Crippen LogP contribution is 2.32. The molecule has 2 N–H and O–H groups in total. The van der Waals surface area contributed by atoms with Gasteiger partial charge in [-0.15, -0.1) is 0 Å². The monoisotopic (exact) mass is 253 g/mol. The highest BCUT2D eigenvalue weighted by Gasteiger charge is 2.19. The van der Waals surface area contributed by atoms with Crippen molar-refractivity contribution in [2.75, 3.05) is 27.9 Å². The van der Waals surface area contributed by atoms with Crippen molar-refractivity contribution in [3.63, 3.8) is 0 Å². The van der Waals surface area contributed by atoms with E-state index in [0.717, 1.165) is 23.5 Å². The Morgan fingerprint density at radius 1 is 1.17 bits per heavy atom. The second kappa shape index (κ2) is 7.24. The predicted octanol–water partition coefficient (Wildman–Crippen LogP) is 2.38. The SMILES string of the molecule is COCCC(C)C(N)c1ccc(OC)cc1OC. The van der Waals surface area contributed by atoms with Crippen LogP contribution < -0.4 is 15.2 Å². The van der Waals surface area contributed by atoms with E-state index in [2.05, 4.69) is 6.92 Å². The summed E-state index contributed by atoms with van der Waals surface area (Å²) in [5.41, 5.74) is 7.27. The van der Waals surface area contributed by atoms with Crippen molar-refractivity contribution in [3.05, 3.63) is 23.8 Å². The molecule has 1 aromatic rings. The first kappa shape index (κ1) is 14.8. The average molecular weight is 253 g/mol. The third-order valence-electron chi connectivity index (χ3n) is 3.19. The standard InChI is InChI=1S/C14H23NO3/c1-10(7-8-16-2)14(15)12-6-5-11(17-3)9-13(12)18-4/h5-6,9-10,14H,7-8,15H2,1-4H3. The molecule has 0 saturated carbocycles. The van der Waals surface area contributed by atoms with Crippen LogP contribution in [0.5, 0.6) is 11.5 Å². The molecule has 0 aliphatic heterocycles. The van der Waals surface area contributed by atoms with Crippen LogP contribution in [-0.4, -0.2) is 27.9 Å². The Morgan fingerprint density at radius 2 is 1.89 bits per heavy atom. The van der Waals surface area contributed by atoms with Crippen molar-refractivity contribution in [1.29, 1.82) is 0 Å².